The molecule has 0 aliphatic carbocycles. The summed E-state index contributed by atoms with van der Waals surface area (Å²) in [6, 6.07) is 4.75. The van der Waals surface area contributed by atoms with Crippen molar-refractivity contribution in [1.82, 2.24) is 0 Å². The van der Waals surface area contributed by atoms with Crippen molar-refractivity contribution < 1.29 is 13.2 Å². The van der Waals surface area contributed by atoms with Crippen LogP contribution in [-0.4, -0.2) is 42.3 Å². The lowest BCUT2D eigenvalue weighted by Gasteiger charge is -2.25. The molecule has 1 aromatic carbocycles. The summed E-state index contributed by atoms with van der Waals surface area (Å²) < 4.78 is 24.0. The minimum Gasteiger partial charge on any atom is -0.315 e. The molecule has 0 bridgehead atoms. The van der Waals surface area contributed by atoms with Gasteiger partial charge in [-0.1, -0.05) is 48.8 Å². The molecule has 0 N–H and O–H groups in total. The average molecular weight is 407 g/mol. The highest BCUT2D eigenvalue weighted by atomic mass is 35.5. The third kappa shape index (κ3) is 3.59. The minimum absolute atomic E-state index is 0.0314. The van der Waals surface area contributed by atoms with Gasteiger partial charge in [-0.15, -0.1) is 0 Å². The van der Waals surface area contributed by atoms with Gasteiger partial charge in [0.25, 0.3) is 5.91 Å². The van der Waals surface area contributed by atoms with Gasteiger partial charge in [-0.3, -0.25) is 4.79 Å². The fourth-order valence-corrected chi connectivity index (χ4v) is 7.20. The zero-order valence-corrected chi connectivity index (χ0v) is 16.2. The number of carbonyl (C=O) groups excluding carboxylic acids is 1. The second kappa shape index (κ2) is 6.52. The number of halogens is 2. The molecule has 130 valence electrons. The van der Waals surface area contributed by atoms with Crippen LogP contribution in [0.5, 0.6) is 0 Å². The number of fused-ring (bicyclic) bond motifs is 1. The average Bonchev–Trinajstić information content (AvgIpc) is 2.88. The number of carbonyl (C=O) groups is 1. The summed E-state index contributed by atoms with van der Waals surface area (Å²) >= 11 is 13.5. The van der Waals surface area contributed by atoms with E-state index in [1.54, 1.807) is 36.9 Å². The zero-order chi connectivity index (χ0) is 17.6. The quantitative estimate of drug-likeness (QED) is 0.753. The van der Waals surface area contributed by atoms with Gasteiger partial charge < -0.3 is 4.90 Å². The molecule has 3 rings (SSSR count). The highest BCUT2D eigenvalue weighted by Gasteiger charge is 2.49. The van der Waals surface area contributed by atoms with E-state index in [1.165, 1.54) is 11.8 Å². The van der Waals surface area contributed by atoms with E-state index in [9.17, 15) is 13.2 Å². The number of sulfone groups is 1. The largest absolute Gasteiger partial charge is 0.315 e. The Morgan fingerprint density at radius 1 is 1.25 bits per heavy atom. The van der Waals surface area contributed by atoms with Crippen LogP contribution in [0.25, 0.3) is 0 Å². The van der Waals surface area contributed by atoms with E-state index in [0.29, 0.717) is 20.9 Å². The standard InChI is InChI=1S/C15H16Cl2N2O3S2/c1-8(2)14(20)18-15-19(11-4-9(16)3-10(17)5-11)12-6-24(21,22)7-13(12)23-15/h3-5,8,12-13H,6-7H2,1-2H3/t12-,13-/m1/s1. The van der Waals surface area contributed by atoms with Crippen LogP contribution < -0.4 is 4.90 Å². The molecule has 0 aromatic heterocycles. The second-order valence-electron chi connectivity index (χ2n) is 6.19. The first kappa shape index (κ1) is 18.0. The third-order valence-corrected chi connectivity index (χ3v) is 7.54. The lowest BCUT2D eigenvalue weighted by atomic mass is 10.2. The summed E-state index contributed by atoms with van der Waals surface area (Å²) in [6.45, 7) is 3.55. The van der Waals surface area contributed by atoms with Gasteiger partial charge in [0, 0.05) is 26.9 Å². The normalized spacial score (nSPS) is 27.0. The monoisotopic (exact) mass is 406 g/mol. The van der Waals surface area contributed by atoms with Gasteiger partial charge in [0.2, 0.25) is 0 Å². The Balaban J connectivity index is 2.06. The Hall–Kier alpha value is -0.760. The second-order valence-corrected chi connectivity index (χ2v) is 10.4. The molecule has 0 spiro atoms. The predicted octanol–water partition coefficient (Wildman–Crippen LogP) is 3.25. The molecule has 0 saturated carbocycles. The van der Waals surface area contributed by atoms with Crippen LogP contribution in [0, 0.1) is 5.92 Å². The van der Waals surface area contributed by atoms with Gasteiger partial charge in [-0.2, -0.15) is 4.99 Å². The zero-order valence-electron chi connectivity index (χ0n) is 13.1. The number of rotatable bonds is 2. The van der Waals surface area contributed by atoms with Gasteiger partial charge >= 0.3 is 0 Å². The molecule has 0 radical (unpaired) electrons. The molecule has 2 aliphatic rings. The molecule has 5 nitrogen and oxygen atoms in total. The van der Waals surface area contributed by atoms with E-state index in [1.807, 2.05) is 0 Å². The predicted molar refractivity (Wildman–Crippen MR) is 100 cm³/mol. The summed E-state index contributed by atoms with van der Waals surface area (Å²) in [6.07, 6.45) is 0. The number of nitrogens with zero attached hydrogens (tertiary/aromatic N) is 2. The Kier molecular flexibility index (Phi) is 4.90. The van der Waals surface area contributed by atoms with Crippen LogP contribution in [0.3, 0.4) is 0 Å². The van der Waals surface area contributed by atoms with E-state index < -0.39 is 9.84 Å². The summed E-state index contributed by atoms with van der Waals surface area (Å²) in [7, 11) is -3.10. The molecule has 1 aromatic rings. The Morgan fingerprint density at radius 2 is 1.88 bits per heavy atom. The van der Waals surface area contributed by atoms with Crippen molar-refractivity contribution >= 4 is 61.6 Å². The van der Waals surface area contributed by atoms with E-state index in [4.69, 9.17) is 23.2 Å². The van der Waals surface area contributed by atoms with E-state index in [0.717, 1.165) is 0 Å². The summed E-state index contributed by atoms with van der Waals surface area (Å²) in [4.78, 5) is 18.1. The first-order valence-corrected chi connectivity index (χ1v) is 10.9. The number of hydrogen-bond acceptors (Lipinski definition) is 4. The molecular formula is C15H16Cl2N2O3S2. The van der Waals surface area contributed by atoms with Gasteiger partial charge in [-0.25, -0.2) is 8.42 Å². The summed E-state index contributed by atoms with van der Waals surface area (Å²) in [5, 5.41) is 1.26. The SMILES string of the molecule is CC(C)C(=O)N=C1S[C@@H]2CS(=O)(=O)C[C@H]2N1c1cc(Cl)cc(Cl)c1. The molecule has 0 unspecified atom stereocenters. The number of benzene rings is 1. The Labute approximate surface area is 155 Å². The first-order valence-electron chi connectivity index (χ1n) is 7.41. The fraction of sp³-hybridized carbons (Fsp3) is 0.467. The molecule has 2 heterocycles. The van der Waals surface area contributed by atoms with Gasteiger partial charge in [0.15, 0.2) is 15.0 Å². The van der Waals surface area contributed by atoms with Crippen molar-refractivity contribution in [3.05, 3.63) is 28.2 Å². The van der Waals surface area contributed by atoms with Crippen molar-refractivity contribution in [3.63, 3.8) is 0 Å². The topological polar surface area (TPSA) is 66.8 Å². The maximum Gasteiger partial charge on any atom is 0.250 e. The summed E-state index contributed by atoms with van der Waals surface area (Å²) in [5.41, 5.74) is 0.653. The van der Waals surface area contributed by atoms with E-state index in [2.05, 4.69) is 4.99 Å². The van der Waals surface area contributed by atoms with Crippen LogP contribution in [0.2, 0.25) is 10.0 Å². The van der Waals surface area contributed by atoms with Gasteiger partial charge in [0.05, 0.1) is 17.5 Å². The smallest absolute Gasteiger partial charge is 0.250 e. The van der Waals surface area contributed by atoms with Crippen LogP contribution in [-0.2, 0) is 14.6 Å². The van der Waals surface area contributed by atoms with Crippen LogP contribution in [0.4, 0.5) is 5.69 Å². The third-order valence-electron chi connectivity index (χ3n) is 3.89. The number of thioether (sulfide) groups is 1. The molecule has 2 aliphatic heterocycles. The van der Waals surface area contributed by atoms with Crippen molar-refractivity contribution in [2.45, 2.75) is 25.1 Å². The van der Waals surface area contributed by atoms with Crippen molar-refractivity contribution in [1.29, 1.82) is 0 Å². The Bertz CT molecular complexity index is 804. The van der Waals surface area contributed by atoms with Crippen molar-refractivity contribution in [3.8, 4) is 0 Å². The fourth-order valence-electron chi connectivity index (χ4n) is 2.77. The van der Waals surface area contributed by atoms with E-state index >= 15 is 0 Å². The lowest BCUT2D eigenvalue weighted by Crippen LogP contribution is -2.37. The van der Waals surface area contributed by atoms with Crippen LogP contribution in [0.15, 0.2) is 23.2 Å². The number of aliphatic imine (C=N–C) groups is 1. The molecule has 24 heavy (non-hydrogen) atoms. The number of amides is 1. The molecule has 2 fully saturated rings. The molecule has 9 heteroatoms. The Morgan fingerprint density at radius 3 is 2.46 bits per heavy atom. The van der Waals surface area contributed by atoms with Crippen LogP contribution in [0.1, 0.15) is 13.8 Å². The molecule has 2 atom stereocenters. The number of hydrogen-bond donors (Lipinski definition) is 0. The maximum atomic E-state index is 12.1. The first-order chi connectivity index (χ1) is 11.2. The molecular weight excluding hydrogens is 391 g/mol. The van der Waals surface area contributed by atoms with Crippen molar-refractivity contribution in [2.75, 3.05) is 16.4 Å². The highest BCUT2D eigenvalue weighted by Crippen LogP contribution is 2.42. The number of anilines is 1. The van der Waals surface area contributed by atoms with Gasteiger partial charge in [-0.05, 0) is 18.2 Å². The van der Waals surface area contributed by atoms with Crippen LogP contribution >= 0.6 is 35.0 Å². The van der Waals surface area contributed by atoms with E-state index in [-0.39, 0.29) is 34.6 Å². The maximum absolute atomic E-state index is 12.1. The minimum atomic E-state index is -3.10. The van der Waals surface area contributed by atoms with Gasteiger partial charge in [0.1, 0.15) is 0 Å². The van der Waals surface area contributed by atoms with Crippen molar-refractivity contribution in [2.24, 2.45) is 10.9 Å². The molecule has 2 saturated heterocycles. The highest BCUT2D eigenvalue weighted by molar-refractivity contribution is 8.16. The summed E-state index contributed by atoms with van der Waals surface area (Å²) in [5.74, 6) is -0.350. The number of amidine groups is 1. The lowest BCUT2D eigenvalue weighted by molar-refractivity contribution is -0.120. The molecule has 1 amide bonds.